The third kappa shape index (κ3) is 3.03. The van der Waals surface area contributed by atoms with Crippen LogP contribution in [0.5, 0.6) is 0 Å². The molecule has 1 heterocycles. The minimum Gasteiger partial charge on any atom is -0.446 e. The molecule has 1 aromatic heterocycles. The van der Waals surface area contributed by atoms with E-state index in [1.165, 1.54) is 31.6 Å². The zero-order valence-electron chi connectivity index (χ0n) is 13.3. The van der Waals surface area contributed by atoms with Gasteiger partial charge in [0.2, 0.25) is 5.89 Å². The highest BCUT2D eigenvalue weighted by molar-refractivity contribution is 5.92. The van der Waals surface area contributed by atoms with Crippen molar-refractivity contribution >= 4 is 5.91 Å². The predicted molar refractivity (Wildman–Crippen MR) is 81.4 cm³/mol. The maximum absolute atomic E-state index is 14.1. The number of hydrogen-bond acceptors (Lipinski definition) is 4. The summed E-state index contributed by atoms with van der Waals surface area (Å²) in [7, 11) is 1.49. The van der Waals surface area contributed by atoms with Crippen LogP contribution in [-0.2, 0) is 16.8 Å². The summed E-state index contributed by atoms with van der Waals surface area (Å²) < 4.78 is 38.2. The SMILES string of the molecule is COCc1nc(C(=O)NCC2(c3c(F)cccc3F)CCC2)co1. The van der Waals surface area contributed by atoms with Gasteiger partial charge in [-0.15, -0.1) is 0 Å². The predicted octanol–water partition coefficient (Wildman–Crippen LogP) is 2.95. The fourth-order valence-corrected chi connectivity index (χ4v) is 3.07. The lowest BCUT2D eigenvalue weighted by molar-refractivity contribution is 0.0919. The summed E-state index contributed by atoms with van der Waals surface area (Å²) in [6.07, 6.45) is 3.35. The molecule has 1 aromatic carbocycles. The highest BCUT2D eigenvalue weighted by Gasteiger charge is 2.42. The van der Waals surface area contributed by atoms with E-state index in [0.29, 0.717) is 18.7 Å². The molecule has 1 saturated carbocycles. The standard InChI is InChI=1S/C17H18F2N2O3/c1-23-9-14-21-13(8-24-14)16(22)20-10-17(6-3-7-17)15-11(18)4-2-5-12(15)19/h2,4-5,8H,3,6-7,9-10H2,1H3,(H,20,22). The van der Waals surface area contributed by atoms with Gasteiger partial charge >= 0.3 is 0 Å². The molecule has 24 heavy (non-hydrogen) atoms. The molecular formula is C17H18F2N2O3. The number of oxazole rings is 1. The van der Waals surface area contributed by atoms with Gasteiger partial charge in [-0.3, -0.25) is 4.79 Å². The number of methoxy groups -OCH3 is 1. The lowest BCUT2D eigenvalue weighted by Gasteiger charge is -2.42. The summed E-state index contributed by atoms with van der Waals surface area (Å²) in [5, 5.41) is 2.71. The molecular weight excluding hydrogens is 318 g/mol. The van der Waals surface area contributed by atoms with Crippen LogP contribution in [0, 0.1) is 11.6 Å². The van der Waals surface area contributed by atoms with Crippen molar-refractivity contribution in [3.8, 4) is 0 Å². The largest absolute Gasteiger partial charge is 0.446 e. The Morgan fingerprint density at radius 1 is 1.38 bits per heavy atom. The molecule has 5 nitrogen and oxygen atoms in total. The average molecular weight is 336 g/mol. The first kappa shape index (κ1) is 16.6. The molecule has 0 unspecified atom stereocenters. The second-order valence-electron chi connectivity index (χ2n) is 5.97. The molecule has 3 rings (SSSR count). The van der Waals surface area contributed by atoms with Crippen molar-refractivity contribution in [2.24, 2.45) is 0 Å². The van der Waals surface area contributed by atoms with Crippen molar-refractivity contribution in [1.29, 1.82) is 0 Å². The molecule has 0 saturated heterocycles. The molecule has 0 radical (unpaired) electrons. The molecule has 0 bridgehead atoms. The van der Waals surface area contributed by atoms with E-state index in [9.17, 15) is 13.6 Å². The van der Waals surface area contributed by atoms with Gasteiger partial charge in [0.25, 0.3) is 5.91 Å². The zero-order chi connectivity index (χ0) is 17.2. The van der Waals surface area contributed by atoms with Gasteiger partial charge in [-0.1, -0.05) is 12.5 Å². The van der Waals surface area contributed by atoms with Crippen LogP contribution in [0.2, 0.25) is 0 Å². The van der Waals surface area contributed by atoms with Gasteiger partial charge in [0.1, 0.15) is 24.5 Å². The van der Waals surface area contributed by atoms with E-state index in [2.05, 4.69) is 10.3 Å². The Bertz CT molecular complexity index is 721. The number of ether oxygens (including phenoxy) is 1. The monoisotopic (exact) mass is 336 g/mol. The van der Waals surface area contributed by atoms with Crippen LogP contribution in [0.15, 0.2) is 28.9 Å². The molecule has 1 aliphatic rings. The lowest BCUT2D eigenvalue weighted by atomic mass is 9.64. The van der Waals surface area contributed by atoms with Crippen molar-refractivity contribution in [2.45, 2.75) is 31.3 Å². The van der Waals surface area contributed by atoms with Crippen LogP contribution in [0.1, 0.15) is 41.2 Å². The molecule has 128 valence electrons. The molecule has 1 amide bonds. The second kappa shape index (κ2) is 6.68. The van der Waals surface area contributed by atoms with Crippen LogP contribution >= 0.6 is 0 Å². The number of halogens is 2. The number of aromatic nitrogens is 1. The first-order chi connectivity index (χ1) is 11.6. The molecule has 2 aromatic rings. The van der Waals surface area contributed by atoms with Crippen LogP contribution in [0.4, 0.5) is 8.78 Å². The van der Waals surface area contributed by atoms with Crippen LogP contribution in [-0.4, -0.2) is 24.5 Å². The van der Waals surface area contributed by atoms with Crippen molar-refractivity contribution in [3.63, 3.8) is 0 Å². The second-order valence-corrected chi connectivity index (χ2v) is 5.97. The van der Waals surface area contributed by atoms with Crippen molar-refractivity contribution < 1.29 is 22.7 Å². The van der Waals surface area contributed by atoms with Gasteiger partial charge in [-0.2, -0.15) is 0 Å². The average Bonchev–Trinajstić information content (AvgIpc) is 2.97. The molecule has 0 aliphatic heterocycles. The van der Waals surface area contributed by atoms with E-state index in [1.54, 1.807) is 0 Å². The Morgan fingerprint density at radius 2 is 2.08 bits per heavy atom. The molecule has 7 heteroatoms. The summed E-state index contributed by atoms with van der Waals surface area (Å²) in [5.41, 5.74) is -0.535. The van der Waals surface area contributed by atoms with E-state index in [1.807, 2.05) is 0 Å². The van der Waals surface area contributed by atoms with Crippen LogP contribution in [0.3, 0.4) is 0 Å². The lowest BCUT2D eigenvalue weighted by Crippen LogP contribution is -2.46. The Kier molecular flexibility index (Phi) is 4.62. The quantitative estimate of drug-likeness (QED) is 0.881. The summed E-state index contributed by atoms with van der Waals surface area (Å²) in [6.45, 7) is 0.313. The maximum Gasteiger partial charge on any atom is 0.273 e. The first-order valence-electron chi connectivity index (χ1n) is 7.72. The van der Waals surface area contributed by atoms with Gasteiger partial charge in [0.05, 0.1) is 0 Å². The Labute approximate surface area is 138 Å². The molecule has 0 spiro atoms. The number of carbonyl (C=O) groups excluding carboxylic acids is 1. The summed E-state index contributed by atoms with van der Waals surface area (Å²) in [5.74, 6) is -1.30. The zero-order valence-corrected chi connectivity index (χ0v) is 13.3. The third-order valence-electron chi connectivity index (χ3n) is 4.44. The summed E-state index contributed by atoms with van der Waals surface area (Å²) in [4.78, 5) is 16.2. The molecule has 1 fully saturated rings. The van der Waals surface area contributed by atoms with E-state index in [0.717, 1.165) is 6.42 Å². The Balaban J connectivity index is 1.73. The molecule has 1 aliphatic carbocycles. The topological polar surface area (TPSA) is 64.4 Å². The summed E-state index contributed by atoms with van der Waals surface area (Å²) in [6, 6.07) is 3.83. The number of carbonyl (C=O) groups is 1. The van der Waals surface area contributed by atoms with Gasteiger partial charge < -0.3 is 14.5 Å². The van der Waals surface area contributed by atoms with E-state index in [-0.39, 0.29) is 24.4 Å². The normalized spacial score (nSPS) is 15.8. The highest BCUT2D eigenvalue weighted by Crippen LogP contribution is 2.45. The number of nitrogens with one attached hydrogen (secondary N) is 1. The Morgan fingerprint density at radius 3 is 2.67 bits per heavy atom. The first-order valence-corrected chi connectivity index (χ1v) is 7.72. The smallest absolute Gasteiger partial charge is 0.273 e. The number of hydrogen-bond donors (Lipinski definition) is 1. The fraction of sp³-hybridized carbons (Fsp3) is 0.412. The minimum atomic E-state index is -0.704. The van der Waals surface area contributed by atoms with Gasteiger partial charge in [-0.05, 0) is 25.0 Å². The molecule has 1 N–H and O–H groups in total. The minimum absolute atomic E-state index is 0.0526. The van der Waals surface area contributed by atoms with Crippen molar-refractivity contribution in [2.75, 3.05) is 13.7 Å². The van der Waals surface area contributed by atoms with E-state index in [4.69, 9.17) is 9.15 Å². The van der Waals surface area contributed by atoms with Gasteiger partial charge in [0.15, 0.2) is 5.69 Å². The van der Waals surface area contributed by atoms with Crippen LogP contribution < -0.4 is 5.32 Å². The van der Waals surface area contributed by atoms with Crippen molar-refractivity contribution in [1.82, 2.24) is 10.3 Å². The van der Waals surface area contributed by atoms with Crippen molar-refractivity contribution in [3.05, 3.63) is 53.2 Å². The van der Waals surface area contributed by atoms with Gasteiger partial charge in [0, 0.05) is 24.6 Å². The molecule has 0 atom stereocenters. The highest BCUT2D eigenvalue weighted by atomic mass is 19.1. The van der Waals surface area contributed by atoms with Gasteiger partial charge in [-0.25, -0.2) is 13.8 Å². The number of amides is 1. The summed E-state index contributed by atoms with van der Waals surface area (Å²) >= 11 is 0. The van der Waals surface area contributed by atoms with Crippen LogP contribution in [0.25, 0.3) is 0 Å². The third-order valence-corrected chi connectivity index (χ3v) is 4.44. The number of benzene rings is 1. The Hall–Kier alpha value is -2.28. The number of rotatable bonds is 6. The maximum atomic E-state index is 14.1. The number of nitrogens with zero attached hydrogens (tertiary/aromatic N) is 1. The van der Waals surface area contributed by atoms with E-state index < -0.39 is 23.0 Å². The fourth-order valence-electron chi connectivity index (χ4n) is 3.07. The van der Waals surface area contributed by atoms with E-state index >= 15 is 0 Å².